The van der Waals surface area contributed by atoms with E-state index < -0.39 is 12.1 Å². The summed E-state index contributed by atoms with van der Waals surface area (Å²) in [4.78, 5) is 20.4. The number of halogens is 4. The topological polar surface area (TPSA) is 102 Å². The third-order valence-electron chi connectivity index (χ3n) is 3.08. The molecule has 0 saturated carbocycles. The highest BCUT2D eigenvalue weighted by atomic mass is 19.4. The minimum absolute atomic E-state index is 0.0610. The van der Waals surface area contributed by atoms with E-state index in [1.54, 1.807) is 12.1 Å². The van der Waals surface area contributed by atoms with Gasteiger partial charge < -0.3 is 20.9 Å². The zero-order valence-electron chi connectivity index (χ0n) is 12.9. The molecule has 4 N–H and O–H groups in total. The van der Waals surface area contributed by atoms with Crippen LogP contribution in [0.1, 0.15) is 15.9 Å². The molecule has 0 aromatic heterocycles. The summed E-state index contributed by atoms with van der Waals surface area (Å²) in [5.41, 5.74) is 7.36. The minimum Gasteiger partial charge on any atom is -0.489 e. The number of carboxylic acid groups (broad SMARTS) is 1. The second-order valence-electron chi connectivity index (χ2n) is 4.89. The van der Waals surface area contributed by atoms with E-state index in [4.69, 9.17) is 20.4 Å². The van der Waals surface area contributed by atoms with Crippen LogP contribution in [0.3, 0.4) is 0 Å². The predicted molar refractivity (Wildman–Crippen MR) is 79.9 cm³/mol. The number of carboxylic acids is 1. The minimum atomic E-state index is -5.08. The number of amides is 1. The van der Waals surface area contributed by atoms with E-state index in [0.717, 1.165) is 12.0 Å². The lowest BCUT2D eigenvalue weighted by atomic mass is 10.0. The Balaban J connectivity index is 0.000000381. The highest BCUT2D eigenvalue weighted by Crippen LogP contribution is 2.21. The van der Waals surface area contributed by atoms with E-state index in [1.165, 1.54) is 0 Å². The van der Waals surface area contributed by atoms with Gasteiger partial charge in [0.05, 0.1) is 6.33 Å². The molecule has 138 valence electrons. The number of hydrogen-bond acceptors (Lipinski definition) is 4. The maximum atomic E-state index is 12.3. The third-order valence-corrected chi connectivity index (χ3v) is 3.08. The molecule has 2 rings (SSSR count). The van der Waals surface area contributed by atoms with Gasteiger partial charge in [0, 0.05) is 24.2 Å². The van der Waals surface area contributed by atoms with Gasteiger partial charge in [-0.15, -0.1) is 0 Å². The Bertz CT molecular complexity index is 659. The molecule has 0 saturated heterocycles. The maximum absolute atomic E-state index is 12.3. The van der Waals surface area contributed by atoms with Crippen molar-refractivity contribution >= 4 is 11.9 Å². The van der Waals surface area contributed by atoms with Crippen molar-refractivity contribution in [1.29, 1.82) is 0 Å². The van der Waals surface area contributed by atoms with E-state index in [9.17, 15) is 22.4 Å². The van der Waals surface area contributed by atoms with Crippen LogP contribution in [-0.2, 0) is 11.2 Å². The van der Waals surface area contributed by atoms with Crippen molar-refractivity contribution < 1.29 is 37.0 Å². The summed E-state index contributed by atoms with van der Waals surface area (Å²) in [6.07, 6.45) is -3.84. The number of alkyl halides is 3. The number of nitrogens with one attached hydrogen (secondary N) is 1. The fourth-order valence-corrected chi connectivity index (χ4v) is 1.81. The first-order chi connectivity index (χ1) is 11.7. The first-order valence-corrected chi connectivity index (χ1v) is 7.01. The monoisotopic (exact) mass is 364 g/mol. The van der Waals surface area contributed by atoms with Gasteiger partial charge in [0.15, 0.2) is 0 Å². The summed E-state index contributed by atoms with van der Waals surface area (Å²) in [6, 6.07) is 5.25. The van der Waals surface area contributed by atoms with Gasteiger partial charge in [-0.05, 0) is 30.2 Å². The zero-order chi connectivity index (χ0) is 19.0. The van der Waals surface area contributed by atoms with Gasteiger partial charge in [-0.25, -0.2) is 9.18 Å². The van der Waals surface area contributed by atoms with Crippen molar-refractivity contribution in [2.45, 2.75) is 12.6 Å². The molecule has 0 unspecified atom stereocenters. The molecule has 0 bridgehead atoms. The zero-order valence-corrected chi connectivity index (χ0v) is 12.9. The molecule has 0 atom stereocenters. The van der Waals surface area contributed by atoms with Crippen LogP contribution in [-0.4, -0.2) is 42.9 Å². The van der Waals surface area contributed by atoms with Crippen molar-refractivity contribution in [2.75, 3.05) is 19.7 Å². The van der Waals surface area contributed by atoms with Gasteiger partial charge in [-0.2, -0.15) is 13.2 Å². The highest BCUT2D eigenvalue weighted by molar-refractivity contribution is 5.96. The lowest BCUT2D eigenvalue weighted by Crippen LogP contribution is -2.31. The van der Waals surface area contributed by atoms with Crippen molar-refractivity contribution in [3.05, 3.63) is 41.2 Å². The number of hydrogen-bond donors (Lipinski definition) is 3. The van der Waals surface area contributed by atoms with Crippen molar-refractivity contribution in [2.24, 2.45) is 5.73 Å². The Kier molecular flexibility index (Phi) is 7.37. The Hall–Kier alpha value is -2.62. The number of carbonyl (C=O) groups excluding carboxylic acids is 1. The SMILES string of the molecule is NCC(=CF)COc1ccc2c(c1)CCNC2=O.O=C(O)C(F)(F)F. The van der Waals surface area contributed by atoms with Crippen LogP contribution in [0.2, 0.25) is 0 Å². The molecule has 1 aromatic carbocycles. The maximum Gasteiger partial charge on any atom is 0.490 e. The van der Waals surface area contributed by atoms with Crippen LogP contribution in [0.15, 0.2) is 30.1 Å². The standard InChI is InChI=1S/C13H15FN2O2.C2HF3O2/c14-6-9(7-15)8-18-11-1-2-12-10(5-11)3-4-16-13(12)17;3-2(4,5)1(6)7/h1-2,5-6H,3-4,7-8,15H2,(H,16,17);(H,6,7). The first kappa shape index (κ1) is 20.4. The van der Waals surface area contributed by atoms with E-state index >= 15 is 0 Å². The molecule has 0 radical (unpaired) electrons. The molecule has 0 fully saturated rings. The number of ether oxygens (including phenoxy) is 1. The summed E-state index contributed by atoms with van der Waals surface area (Å²) in [6.45, 7) is 0.884. The Morgan fingerprint density at radius 3 is 2.56 bits per heavy atom. The van der Waals surface area contributed by atoms with Gasteiger partial charge in [0.25, 0.3) is 5.91 Å². The molecule has 1 heterocycles. The quantitative estimate of drug-likeness (QED) is 0.707. The lowest BCUT2D eigenvalue weighted by Gasteiger charge is -2.17. The van der Waals surface area contributed by atoms with Crippen molar-refractivity contribution in [3.63, 3.8) is 0 Å². The van der Waals surface area contributed by atoms with E-state index in [-0.39, 0.29) is 19.1 Å². The number of nitrogens with two attached hydrogens (primary N) is 1. The largest absolute Gasteiger partial charge is 0.490 e. The molecule has 0 aliphatic carbocycles. The molecular weight excluding hydrogens is 348 g/mol. The summed E-state index contributed by atoms with van der Waals surface area (Å²) in [7, 11) is 0. The van der Waals surface area contributed by atoms with E-state index in [1.807, 2.05) is 6.07 Å². The fraction of sp³-hybridized carbons (Fsp3) is 0.333. The fourth-order valence-electron chi connectivity index (χ4n) is 1.81. The van der Waals surface area contributed by atoms with Gasteiger partial charge in [-0.1, -0.05) is 0 Å². The van der Waals surface area contributed by atoms with Crippen molar-refractivity contribution in [1.82, 2.24) is 5.32 Å². The molecule has 0 spiro atoms. The second-order valence-corrected chi connectivity index (χ2v) is 4.89. The lowest BCUT2D eigenvalue weighted by molar-refractivity contribution is -0.192. The Morgan fingerprint density at radius 1 is 1.40 bits per heavy atom. The Labute approximate surface area is 140 Å². The highest BCUT2D eigenvalue weighted by Gasteiger charge is 2.38. The van der Waals surface area contributed by atoms with Gasteiger partial charge in [0.1, 0.15) is 12.4 Å². The summed E-state index contributed by atoms with van der Waals surface area (Å²) in [5, 5.41) is 9.90. The average Bonchev–Trinajstić information content (AvgIpc) is 2.55. The summed E-state index contributed by atoms with van der Waals surface area (Å²) < 4.78 is 49.5. The molecule has 1 aliphatic heterocycles. The summed E-state index contributed by atoms with van der Waals surface area (Å²) in [5.74, 6) is -2.20. The number of fused-ring (bicyclic) bond motifs is 1. The number of rotatable bonds is 4. The van der Waals surface area contributed by atoms with E-state index in [0.29, 0.717) is 29.8 Å². The molecule has 10 heteroatoms. The second kappa shape index (κ2) is 9.02. The van der Waals surface area contributed by atoms with Gasteiger partial charge >= 0.3 is 12.1 Å². The van der Waals surface area contributed by atoms with Crippen LogP contribution < -0.4 is 15.8 Å². The first-order valence-electron chi connectivity index (χ1n) is 7.01. The molecule has 1 aromatic rings. The Morgan fingerprint density at radius 2 is 2.04 bits per heavy atom. The molecule has 1 aliphatic rings. The van der Waals surface area contributed by atoms with E-state index in [2.05, 4.69) is 5.32 Å². The van der Waals surface area contributed by atoms with Crippen LogP contribution in [0.4, 0.5) is 17.6 Å². The molecule has 1 amide bonds. The van der Waals surface area contributed by atoms with Crippen LogP contribution in [0.25, 0.3) is 0 Å². The normalized spacial score (nSPS) is 14.0. The number of aliphatic carboxylic acids is 1. The van der Waals surface area contributed by atoms with Crippen LogP contribution in [0.5, 0.6) is 5.75 Å². The van der Waals surface area contributed by atoms with Gasteiger partial charge in [-0.3, -0.25) is 4.79 Å². The van der Waals surface area contributed by atoms with Crippen LogP contribution >= 0.6 is 0 Å². The molecular formula is C15H16F4N2O4. The summed E-state index contributed by atoms with van der Waals surface area (Å²) >= 11 is 0. The smallest absolute Gasteiger partial charge is 0.489 e. The van der Waals surface area contributed by atoms with Gasteiger partial charge in [0.2, 0.25) is 0 Å². The molecule has 6 nitrogen and oxygen atoms in total. The average molecular weight is 364 g/mol. The predicted octanol–water partition coefficient (Wildman–Crippen LogP) is 1.80. The van der Waals surface area contributed by atoms with Crippen LogP contribution in [0, 0.1) is 0 Å². The third kappa shape index (κ3) is 6.42. The van der Waals surface area contributed by atoms with Crippen molar-refractivity contribution in [3.8, 4) is 5.75 Å². The number of benzene rings is 1. The number of carbonyl (C=O) groups is 2. The molecule has 25 heavy (non-hydrogen) atoms.